The minimum absolute atomic E-state index is 0.0947. The molecular weight excluding hydrogens is 394 g/mol. The molecule has 6 nitrogen and oxygen atoms in total. The number of rotatable bonds is 7. The third-order valence-electron chi connectivity index (χ3n) is 3.75. The van der Waals surface area contributed by atoms with Crippen LogP contribution in [0.3, 0.4) is 0 Å². The predicted octanol–water partition coefficient (Wildman–Crippen LogP) is 4.84. The molecule has 140 valence electrons. The summed E-state index contributed by atoms with van der Waals surface area (Å²) in [6.07, 6.45) is 1.65. The van der Waals surface area contributed by atoms with Gasteiger partial charge in [0.05, 0.1) is 5.56 Å². The van der Waals surface area contributed by atoms with Crippen LogP contribution in [0.4, 0.5) is 0 Å². The third-order valence-corrected chi connectivity index (χ3v) is 5.93. The molecule has 0 aliphatic carbocycles. The Morgan fingerprint density at radius 1 is 1.11 bits per heavy atom. The van der Waals surface area contributed by atoms with Crippen LogP contribution in [0, 0.1) is 0 Å². The van der Waals surface area contributed by atoms with E-state index in [1.54, 1.807) is 47.5 Å². The molecule has 0 bridgehead atoms. The number of hydrogen-bond donors (Lipinski definition) is 0. The monoisotopic (exact) mass is 409 g/mol. The Labute approximate surface area is 169 Å². The molecule has 0 aliphatic rings. The van der Waals surface area contributed by atoms with E-state index in [1.807, 2.05) is 35.7 Å². The van der Waals surface area contributed by atoms with Crippen LogP contribution in [0.1, 0.15) is 21.1 Å². The molecule has 0 N–H and O–H groups in total. The molecule has 28 heavy (non-hydrogen) atoms. The Morgan fingerprint density at radius 2 is 2.00 bits per heavy atom. The van der Waals surface area contributed by atoms with Crippen molar-refractivity contribution < 1.29 is 14.1 Å². The highest BCUT2D eigenvalue weighted by atomic mass is 32.2. The van der Waals surface area contributed by atoms with Gasteiger partial charge in [-0.1, -0.05) is 29.4 Å². The van der Waals surface area contributed by atoms with Crippen molar-refractivity contribution in [2.45, 2.75) is 17.3 Å². The number of esters is 1. The molecule has 4 aromatic rings. The Kier molecular flexibility index (Phi) is 5.79. The fraction of sp³-hybridized carbons (Fsp3) is 0.100. The first-order chi connectivity index (χ1) is 13.8. The van der Waals surface area contributed by atoms with Crippen molar-refractivity contribution in [1.29, 1.82) is 0 Å². The second-order valence-electron chi connectivity index (χ2n) is 5.67. The lowest BCUT2D eigenvalue weighted by molar-refractivity contribution is 0.0425. The van der Waals surface area contributed by atoms with E-state index < -0.39 is 5.97 Å². The van der Waals surface area contributed by atoms with Crippen molar-refractivity contribution in [3.8, 4) is 11.5 Å². The molecule has 0 fully saturated rings. The number of benzene rings is 1. The maximum Gasteiger partial charge on any atom is 0.339 e. The lowest BCUT2D eigenvalue weighted by Crippen LogP contribution is -2.07. The van der Waals surface area contributed by atoms with Crippen LogP contribution in [-0.2, 0) is 17.1 Å². The van der Waals surface area contributed by atoms with Gasteiger partial charge >= 0.3 is 5.97 Å². The Balaban J connectivity index is 1.40. The summed E-state index contributed by atoms with van der Waals surface area (Å²) >= 11 is 3.30. The van der Waals surface area contributed by atoms with E-state index in [0.717, 1.165) is 10.6 Å². The number of nitrogens with zero attached hydrogens (tertiary/aromatic N) is 3. The number of pyridine rings is 1. The first-order valence-electron chi connectivity index (χ1n) is 8.45. The lowest BCUT2D eigenvalue weighted by atomic mass is 10.2. The number of aromatic nitrogens is 3. The van der Waals surface area contributed by atoms with Crippen LogP contribution in [0.25, 0.3) is 11.5 Å². The summed E-state index contributed by atoms with van der Waals surface area (Å²) in [7, 11) is 0. The van der Waals surface area contributed by atoms with Gasteiger partial charge in [-0.15, -0.1) is 23.1 Å². The average Bonchev–Trinajstić information content (AvgIpc) is 3.43. The van der Waals surface area contributed by atoms with E-state index in [4.69, 9.17) is 9.26 Å². The molecular formula is C20H15N3O3S2. The second-order valence-corrected chi connectivity index (χ2v) is 7.72. The SMILES string of the molecule is O=C(OCc1nc(-c2ccccn2)no1)c1ccccc1SCc1cccs1. The van der Waals surface area contributed by atoms with Gasteiger partial charge in [0.2, 0.25) is 5.82 Å². The van der Waals surface area contributed by atoms with Crippen molar-refractivity contribution in [1.82, 2.24) is 15.1 Å². The molecule has 0 atom stereocenters. The second kappa shape index (κ2) is 8.81. The molecule has 0 aliphatic heterocycles. The van der Waals surface area contributed by atoms with E-state index in [2.05, 4.69) is 21.2 Å². The summed E-state index contributed by atoms with van der Waals surface area (Å²) in [5.41, 5.74) is 1.12. The van der Waals surface area contributed by atoms with Gasteiger partial charge in [0, 0.05) is 21.7 Å². The number of thiophene rings is 1. The highest BCUT2D eigenvalue weighted by Crippen LogP contribution is 2.28. The fourth-order valence-corrected chi connectivity index (χ4v) is 4.24. The highest BCUT2D eigenvalue weighted by molar-refractivity contribution is 7.98. The largest absolute Gasteiger partial charge is 0.452 e. The number of carbonyl (C=O) groups excluding carboxylic acids is 1. The summed E-state index contributed by atoms with van der Waals surface area (Å²) in [5.74, 6) is 0.960. The zero-order chi connectivity index (χ0) is 19.2. The van der Waals surface area contributed by atoms with Crippen LogP contribution < -0.4 is 0 Å². The van der Waals surface area contributed by atoms with Crippen molar-refractivity contribution in [2.24, 2.45) is 0 Å². The van der Waals surface area contributed by atoms with Crippen LogP contribution in [0.15, 0.2) is 75.6 Å². The van der Waals surface area contributed by atoms with Gasteiger partial charge in [-0.25, -0.2) is 4.79 Å². The minimum atomic E-state index is -0.424. The van der Waals surface area contributed by atoms with E-state index in [1.165, 1.54) is 4.88 Å². The van der Waals surface area contributed by atoms with Gasteiger partial charge in [0.25, 0.3) is 5.89 Å². The van der Waals surface area contributed by atoms with Crippen LogP contribution >= 0.6 is 23.1 Å². The summed E-state index contributed by atoms with van der Waals surface area (Å²) in [6, 6.07) is 16.9. The van der Waals surface area contributed by atoms with Crippen LogP contribution in [0.2, 0.25) is 0 Å². The van der Waals surface area contributed by atoms with E-state index >= 15 is 0 Å². The standard InChI is InChI=1S/C20H15N3O3S2/c24-20(15-7-1-2-9-17(15)28-13-14-6-5-11-27-14)25-12-18-22-19(23-26-18)16-8-3-4-10-21-16/h1-11H,12-13H2. The van der Waals surface area contributed by atoms with Gasteiger partial charge in [-0.3, -0.25) is 4.98 Å². The normalized spacial score (nSPS) is 10.7. The van der Waals surface area contributed by atoms with Gasteiger partial charge in [-0.2, -0.15) is 4.98 Å². The summed E-state index contributed by atoms with van der Waals surface area (Å²) in [4.78, 5) is 23.0. The topological polar surface area (TPSA) is 78.1 Å². The molecule has 4 rings (SSSR count). The third kappa shape index (κ3) is 4.47. The molecule has 0 saturated carbocycles. The Morgan fingerprint density at radius 3 is 2.82 bits per heavy atom. The molecule has 0 unspecified atom stereocenters. The zero-order valence-electron chi connectivity index (χ0n) is 14.6. The molecule has 8 heteroatoms. The van der Waals surface area contributed by atoms with E-state index in [0.29, 0.717) is 17.1 Å². The van der Waals surface area contributed by atoms with E-state index in [9.17, 15) is 4.79 Å². The van der Waals surface area contributed by atoms with Crippen molar-refractivity contribution in [2.75, 3.05) is 0 Å². The molecule has 0 saturated heterocycles. The molecule has 0 radical (unpaired) electrons. The number of carbonyl (C=O) groups is 1. The smallest absolute Gasteiger partial charge is 0.339 e. The molecule has 0 amide bonds. The Bertz CT molecular complexity index is 1050. The van der Waals surface area contributed by atoms with Crippen molar-refractivity contribution in [3.63, 3.8) is 0 Å². The molecule has 3 aromatic heterocycles. The Hall–Kier alpha value is -2.97. The number of ether oxygens (including phenoxy) is 1. The molecule has 1 aromatic carbocycles. The lowest BCUT2D eigenvalue weighted by Gasteiger charge is -2.07. The number of hydrogen-bond acceptors (Lipinski definition) is 8. The predicted molar refractivity (Wildman–Crippen MR) is 107 cm³/mol. The van der Waals surface area contributed by atoms with Gasteiger partial charge in [0.1, 0.15) is 5.69 Å². The quantitative estimate of drug-likeness (QED) is 0.319. The highest BCUT2D eigenvalue weighted by Gasteiger charge is 2.16. The summed E-state index contributed by atoms with van der Waals surface area (Å²) in [5, 5.41) is 5.91. The molecule has 0 spiro atoms. The van der Waals surface area contributed by atoms with Crippen molar-refractivity contribution in [3.05, 3.63) is 82.5 Å². The van der Waals surface area contributed by atoms with Gasteiger partial charge in [-0.05, 0) is 35.7 Å². The average molecular weight is 409 g/mol. The fourth-order valence-electron chi connectivity index (χ4n) is 2.42. The first-order valence-corrected chi connectivity index (χ1v) is 10.3. The summed E-state index contributed by atoms with van der Waals surface area (Å²) in [6.45, 7) is -0.0947. The first kappa shape index (κ1) is 18.4. The summed E-state index contributed by atoms with van der Waals surface area (Å²) < 4.78 is 10.5. The van der Waals surface area contributed by atoms with Crippen LogP contribution in [0.5, 0.6) is 0 Å². The maximum absolute atomic E-state index is 12.5. The maximum atomic E-state index is 12.5. The van der Waals surface area contributed by atoms with Gasteiger partial charge in [0.15, 0.2) is 6.61 Å². The van der Waals surface area contributed by atoms with Gasteiger partial charge < -0.3 is 9.26 Å². The zero-order valence-corrected chi connectivity index (χ0v) is 16.3. The minimum Gasteiger partial charge on any atom is -0.452 e. The van der Waals surface area contributed by atoms with Crippen LogP contribution in [-0.4, -0.2) is 21.1 Å². The molecule has 3 heterocycles. The van der Waals surface area contributed by atoms with E-state index in [-0.39, 0.29) is 12.5 Å². The van der Waals surface area contributed by atoms with Crippen molar-refractivity contribution >= 4 is 29.1 Å². The number of thioether (sulfide) groups is 1.